The van der Waals surface area contributed by atoms with E-state index in [2.05, 4.69) is 25.2 Å². The zero-order valence-electron chi connectivity index (χ0n) is 8.02. The molecule has 0 saturated carbocycles. The minimum Gasteiger partial charge on any atom is -0.312 e. The van der Waals surface area contributed by atoms with Crippen molar-refractivity contribution in [2.75, 3.05) is 6.54 Å². The summed E-state index contributed by atoms with van der Waals surface area (Å²) in [4.78, 5) is 0. The Labute approximate surface area is 84.1 Å². The highest BCUT2D eigenvalue weighted by molar-refractivity contribution is 6.31. The highest BCUT2D eigenvalue weighted by Gasteiger charge is 2.28. The van der Waals surface area contributed by atoms with E-state index in [1.54, 1.807) is 0 Å². The molecule has 0 fully saturated rings. The molecule has 2 rings (SSSR count). The Kier molecular flexibility index (Phi) is 2.09. The van der Waals surface area contributed by atoms with Crippen molar-refractivity contribution in [1.82, 2.24) is 5.32 Å². The lowest BCUT2D eigenvalue weighted by molar-refractivity contribution is 0.435. The average molecular weight is 196 g/mol. The highest BCUT2D eigenvalue weighted by Crippen LogP contribution is 2.34. The van der Waals surface area contributed by atoms with Crippen LogP contribution in [0.3, 0.4) is 0 Å². The molecule has 0 radical (unpaired) electrons. The second-order valence-corrected chi connectivity index (χ2v) is 4.67. The van der Waals surface area contributed by atoms with E-state index in [9.17, 15) is 0 Å². The molecule has 0 atom stereocenters. The first kappa shape index (κ1) is 9.04. The molecule has 70 valence electrons. The fourth-order valence-electron chi connectivity index (χ4n) is 2.07. The maximum atomic E-state index is 6.20. The fourth-order valence-corrected chi connectivity index (χ4v) is 2.52. The summed E-state index contributed by atoms with van der Waals surface area (Å²) < 4.78 is 0. The topological polar surface area (TPSA) is 12.0 Å². The largest absolute Gasteiger partial charge is 0.312 e. The van der Waals surface area contributed by atoms with Gasteiger partial charge in [-0.2, -0.15) is 0 Å². The van der Waals surface area contributed by atoms with Crippen molar-refractivity contribution in [1.29, 1.82) is 0 Å². The van der Waals surface area contributed by atoms with Crippen LogP contribution < -0.4 is 5.32 Å². The van der Waals surface area contributed by atoms with Crippen LogP contribution in [0.1, 0.15) is 25.0 Å². The third-order valence-corrected chi connectivity index (χ3v) is 2.97. The molecule has 0 amide bonds. The molecular formula is C11H14ClN. The average Bonchev–Trinajstić information content (AvgIpc) is 2.02. The van der Waals surface area contributed by atoms with Gasteiger partial charge in [-0.05, 0) is 17.2 Å². The van der Waals surface area contributed by atoms with Crippen LogP contribution in [0.15, 0.2) is 18.2 Å². The Morgan fingerprint density at radius 2 is 2.15 bits per heavy atom. The molecule has 0 aliphatic carbocycles. The SMILES string of the molecule is CC1(C)CNCc2cccc(Cl)c21. The molecule has 0 bridgehead atoms. The van der Waals surface area contributed by atoms with Crippen LogP contribution in [0.25, 0.3) is 0 Å². The smallest absolute Gasteiger partial charge is 0.0447 e. The molecule has 1 aliphatic heterocycles. The summed E-state index contributed by atoms with van der Waals surface area (Å²) in [5.41, 5.74) is 2.81. The lowest BCUT2D eigenvalue weighted by Gasteiger charge is -2.33. The Morgan fingerprint density at radius 3 is 2.85 bits per heavy atom. The van der Waals surface area contributed by atoms with Crippen molar-refractivity contribution < 1.29 is 0 Å². The second-order valence-electron chi connectivity index (χ2n) is 4.26. The summed E-state index contributed by atoms with van der Waals surface area (Å²) in [5.74, 6) is 0. The number of halogens is 1. The minimum atomic E-state index is 0.159. The number of benzene rings is 1. The van der Waals surface area contributed by atoms with Crippen LogP contribution in [0.2, 0.25) is 5.02 Å². The van der Waals surface area contributed by atoms with E-state index in [-0.39, 0.29) is 5.41 Å². The second kappa shape index (κ2) is 3.00. The summed E-state index contributed by atoms with van der Waals surface area (Å²) in [5, 5.41) is 4.31. The molecule has 1 N–H and O–H groups in total. The van der Waals surface area contributed by atoms with E-state index in [1.807, 2.05) is 12.1 Å². The van der Waals surface area contributed by atoms with Gasteiger partial charge in [0.05, 0.1) is 0 Å². The molecule has 0 unspecified atom stereocenters. The predicted octanol–water partition coefficient (Wildman–Crippen LogP) is 2.72. The first-order valence-corrected chi connectivity index (χ1v) is 4.98. The number of nitrogens with one attached hydrogen (secondary N) is 1. The van der Waals surface area contributed by atoms with Gasteiger partial charge in [-0.1, -0.05) is 37.6 Å². The van der Waals surface area contributed by atoms with Crippen molar-refractivity contribution in [2.45, 2.75) is 25.8 Å². The third-order valence-electron chi connectivity index (χ3n) is 2.66. The summed E-state index contributed by atoms with van der Waals surface area (Å²) >= 11 is 6.20. The van der Waals surface area contributed by atoms with E-state index >= 15 is 0 Å². The van der Waals surface area contributed by atoms with Crippen molar-refractivity contribution in [3.63, 3.8) is 0 Å². The van der Waals surface area contributed by atoms with E-state index < -0.39 is 0 Å². The quantitative estimate of drug-likeness (QED) is 0.672. The van der Waals surface area contributed by atoms with Gasteiger partial charge in [-0.15, -0.1) is 0 Å². The molecule has 0 spiro atoms. The summed E-state index contributed by atoms with van der Waals surface area (Å²) in [6.45, 7) is 6.40. The fraction of sp³-hybridized carbons (Fsp3) is 0.455. The Balaban J connectivity index is 2.61. The lowest BCUT2D eigenvalue weighted by atomic mass is 9.79. The molecule has 1 aliphatic rings. The predicted molar refractivity (Wildman–Crippen MR) is 56.2 cm³/mol. The van der Waals surface area contributed by atoms with Crippen molar-refractivity contribution >= 4 is 11.6 Å². The Hall–Kier alpha value is -0.530. The van der Waals surface area contributed by atoms with Crippen LogP contribution in [-0.4, -0.2) is 6.54 Å². The first-order chi connectivity index (χ1) is 6.11. The van der Waals surface area contributed by atoms with Gasteiger partial charge in [0.1, 0.15) is 0 Å². The molecule has 0 saturated heterocycles. The highest BCUT2D eigenvalue weighted by atomic mass is 35.5. The van der Waals surface area contributed by atoms with Gasteiger partial charge in [0.25, 0.3) is 0 Å². The van der Waals surface area contributed by atoms with Gasteiger partial charge in [-0.25, -0.2) is 0 Å². The van der Waals surface area contributed by atoms with E-state index in [4.69, 9.17) is 11.6 Å². The minimum absolute atomic E-state index is 0.159. The van der Waals surface area contributed by atoms with Gasteiger partial charge >= 0.3 is 0 Å². The van der Waals surface area contributed by atoms with Crippen LogP contribution >= 0.6 is 11.6 Å². The monoisotopic (exact) mass is 195 g/mol. The lowest BCUT2D eigenvalue weighted by Crippen LogP contribution is -2.38. The van der Waals surface area contributed by atoms with Crippen molar-refractivity contribution in [3.05, 3.63) is 34.3 Å². The van der Waals surface area contributed by atoms with Crippen LogP contribution in [0.4, 0.5) is 0 Å². The van der Waals surface area contributed by atoms with Crippen LogP contribution in [-0.2, 0) is 12.0 Å². The zero-order valence-corrected chi connectivity index (χ0v) is 8.78. The molecule has 1 nitrogen and oxygen atoms in total. The van der Waals surface area contributed by atoms with Gasteiger partial charge in [0, 0.05) is 23.5 Å². The third kappa shape index (κ3) is 1.47. The number of hydrogen-bond acceptors (Lipinski definition) is 1. The first-order valence-electron chi connectivity index (χ1n) is 4.60. The van der Waals surface area contributed by atoms with Gasteiger partial charge in [0.15, 0.2) is 0 Å². The summed E-state index contributed by atoms with van der Waals surface area (Å²) in [6.07, 6.45) is 0. The van der Waals surface area contributed by atoms with Gasteiger partial charge in [0.2, 0.25) is 0 Å². The number of fused-ring (bicyclic) bond motifs is 1. The number of rotatable bonds is 0. The Morgan fingerprint density at radius 1 is 1.38 bits per heavy atom. The van der Waals surface area contributed by atoms with E-state index in [1.165, 1.54) is 11.1 Å². The van der Waals surface area contributed by atoms with Gasteiger partial charge < -0.3 is 5.32 Å². The number of hydrogen-bond donors (Lipinski definition) is 1. The standard InChI is InChI=1S/C11H14ClN/c1-11(2)7-13-6-8-4-3-5-9(12)10(8)11/h3-5,13H,6-7H2,1-2H3. The Bertz CT molecular complexity index is 331. The summed E-state index contributed by atoms with van der Waals surface area (Å²) in [7, 11) is 0. The van der Waals surface area contributed by atoms with Crippen molar-refractivity contribution in [3.8, 4) is 0 Å². The molecule has 1 heterocycles. The molecule has 13 heavy (non-hydrogen) atoms. The molecule has 1 aromatic rings. The van der Waals surface area contributed by atoms with Crippen LogP contribution in [0, 0.1) is 0 Å². The maximum Gasteiger partial charge on any atom is 0.0447 e. The molecule has 1 aromatic carbocycles. The molecule has 0 aromatic heterocycles. The van der Waals surface area contributed by atoms with Crippen LogP contribution in [0.5, 0.6) is 0 Å². The van der Waals surface area contributed by atoms with Crippen molar-refractivity contribution in [2.24, 2.45) is 0 Å². The molecule has 2 heteroatoms. The van der Waals surface area contributed by atoms with Gasteiger partial charge in [-0.3, -0.25) is 0 Å². The molecular weight excluding hydrogens is 182 g/mol. The van der Waals surface area contributed by atoms with E-state index in [0.717, 1.165) is 18.1 Å². The zero-order chi connectivity index (χ0) is 9.47. The normalized spacial score (nSPS) is 19.6. The van der Waals surface area contributed by atoms with E-state index in [0.29, 0.717) is 0 Å². The summed E-state index contributed by atoms with van der Waals surface area (Å²) in [6, 6.07) is 6.15. The maximum absolute atomic E-state index is 6.20.